The number of amides is 1. The van der Waals surface area contributed by atoms with Gasteiger partial charge in [-0.15, -0.1) is 0 Å². The van der Waals surface area contributed by atoms with E-state index in [2.05, 4.69) is 4.98 Å². The molecule has 0 radical (unpaired) electrons. The van der Waals surface area contributed by atoms with Crippen LogP contribution < -0.4 is 0 Å². The molecule has 0 bridgehead atoms. The highest BCUT2D eigenvalue weighted by Crippen LogP contribution is 2.11. The van der Waals surface area contributed by atoms with Crippen molar-refractivity contribution in [2.45, 2.75) is 6.42 Å². The zero-order chi connectivity index (χ0) is 8.39. The molecule has 0 aromatic carbocycles. The lowest BCUT2D eigenvalue weighted by Gasteiger charge is -2.30. The predicted octanol–water partition coefficient (Wildman–Crippen LogP) is 0.927. The minimum absolute atomic E-state index is 0.128. The van der Waals surface area contributed by atoms with Crippen molar-refractivity contribution in [2.24, 2.45) is 0 Å². The van der Waals surface area contributed by atoms with Crippen LogP contribution in [0.2, 0.25) is 0 Å². The molecule has 12 heavy (non-hydrogen) atoms. The van der Waals surface area contributed by atoms with E-state index in [4.69, 9.17) is 0 Å². The van der Waals surface area contributed by atoms with Crippen molar-refractivity contribution in [3.63, 3.8) is 0 Å². The Morgan fingerprint density at radius 3 is 2.50 bits per heavy atom. The van der Waals surface area contributed by atoms with Crippen LogP contribution in [0, 0.1) is 0 Å². The number of pyridine rings is 1. The smallest absolute Gasteiger partial charge is 0.253 e. The van der Waals surface area contributed by atoms with E-state index in [-0.39, 0.29) is 5.91 Å². The lowest BCUT2D eigenvalue weighted by Crippen LogP contribution is -2.41. The number of aromatic nitrogens is 1. The summed E-state index contributed by atoms with van der Waals surface area (Å²) in [4.78, 5) is 17.2. The molecule has 0 atom stereocenters. The highest BCUT2D eigenvalue weighted by molar-refractivity contribution is 5.94. The maximum absolute atomic E-state index is 11.5. The zero-order valence-corrected chi connectivity index (χ0v) is 6.73. The van der Waals surface area contributed by atoms with Crippen LogP contribution in [0.3, 0.4) is 0 Å². The van der Waals surface area contributed by atoms with Gasteiger partial charge in [-0.2, -0.15) is 0 Å². The molecule has 62 valence electrons. The molecule has 1 aromatic rings. The third-order valence-corrected chi connectivity index (χ3v) is 2.07. The number of likely N-dealkylation sites (tertiary alicyclic amines) is 1. The molecule has 3 nitrogen and oxygen atoms in total. The van der Waals surface area contributed by atoms with Gasteiger partial charge in [0.25, 0.3) is 5.91 Å². The van der Waals surface area contributed by atoms with Crippen LogP contribution in [0.1, 0.15) is 16.8 Å². The Balaban J connectivity index is 2.14. The fraction of sp³-hybridized carbons (Fsp3) is 0.333. The van der Waals surface area contributed by atoms with Gasteiger partial charge in [0.15, 0.2) is 0 Å². The van der Waals surface area contributed by atoms with E-state index in [0.29, 0.717) is 0 Å². The Morgan fingerprint density at radius 1 is 1.33 bits per heavy atom. The van der Waals surface area contributed by atoms with E-state index >= 15 is 0 Å². The zero-order valence-electron chi connectivity index (χ0n) is 6.73. The molecule has 0 spiro atoms. The Bertz CT molecular complexity index is 280. The molecule has 1 aliphatic heterocycles. The Hall–Kier alpha value is -1.38. The van der Waals surface area contributed by atoms with Crippen LogP contribution in [0.25, 0.3) is 0 Å². The molecular weight excluding hydrogens is 152 g/mol. The first-order valence-corrected chi connectivity index (χ1v) is 4.07. The number of carbonyl (C=O) groups excluding carboxylic acids is 1. The van der Waals surface area contributed by atoms with Gasteiger partial charge in [0.2, 0.25) is 0 Å². The van der Waals surface area contributed by atoms with Gasteiger partial charge in [-0.05, 0) is 18.6 Å². The van der Waals surface area contributed by atoms with Crippen molar-refractivity contribution in [3.05, 3.63) is 30.1 Å². The second-order valence-corrected chi connectivity index (χ2v) is 2.88. The maximum atomic E-state index is 11.5. The largest absolute Gasteiger partial charge is 0.339 e. The molecule has 2 heterocycles. The maximum Gasteiger partial charge on any atom is 0.253 e. The molecule has 2 rings (SSSR count). The lowest BCUT2D eigenvalue weighted by molar-refractivity contribution is 0.0651. The summed E-state index contributed by atoms with van der Waals surface area (Å²) < 4.78 is 0. The quantitative estimate of drug-likeness (QED) is 0.615. The lowest BCUT2D eigenvalue weighted by atomic mass is 10.1. The van der Waals surface area contributed by atoms with E-state index in [1.54, 1.807) is 24.5 Å². The van der Waals surface area contributed by atoms with Crippen LogP contribution >= 0.6 is 0 Å². The molecule has 0 aliphatic carbocycles. The van der Waals surface area contributed by atoms with Gasteiger partial charge in [0.05, 0.1) is 0 Å². The number of rotatable bonds is 1. The monoisotopic (exact) mass is 162 g/mol. The topological polar surface area (TPSA) is 33.2 Å². The molecule has 3 heteroatoms. The molecule has 1 fully saturated rings. The van der Waals surface area contributed by atoms with E-state index in [9.17, 15) is 4.79 Å². The van der Waals surface area contributed by atoms with Crippen molar-refractivity contribution in [1.29, 1.82) is 0 Å². The van der Waals surface area contributed by atoms with Crippen LogP contribution in [0.4, 0.5) is 0 Å². The van der Waals surface area contributed by atoms with Crippen LogP contribution in [-0.2, 0) is 0 Å². The van der Waals surface area contributed by atoms with Gasteiger partial charge in [0, 0.05) is 31.0 Å². The fourth-order valence-electron chi connectivity index (χ4n) is 1.20. The summed E-state index contributed by atoms with van der Waals surface area (Å²) in [7, 11) is 0. The first-order chi connectivity index (χ1) is 5.88. The van der Waals surface area contributed by atoms with E-state index in [0.717, 1.165) is 25.1 Å². The van der Waals surface area contributed by atoms with E-state index < -0.39 is 0 Å². The number of hydrogen-bond acceptors (Lipinski definition) is 2. The average Bonchev–Trinajstić information content (AvgIpc) is 2.03. The number of nitrogens with zero attached hydrogens (tertiary/aromatic N) is 2. The second-order valence-electron chi connectivity index (χ2n) is 2.88. The summed E-state index contributed by atoms with van der Waals surface area (Å²) in [5.74, 6) is 0.128. The minimum atomic E-state index is 0.128. The highest BCUT2D eigenvalue weighted by Gasteiger charge is 2.20. The summed E-state index contributed by atoms with van der Waals surface area (Å²) >= 11 is 0. The van der Waals surface area contributed by atoms with Gasteiger partial charge in [-0.3, -0.25) is 9.78 Å². The Labute approximate surface area is 71.0 Å². The summed E-state index contributed by atoms with van der Waals surface area (Å²) in [5, 5.41) is 0. The summed E-state index contributed by atoms with van der Waals surface area (Å²) in [6, 6.07) is 3.50. The molecule has 1 aliphatic rings. The van der Waals surface area contributed by atoms with Crippen molar-refractivity contribution >= 4 is 5.91 Å². The van der Waals surface area contributed by atoms with Crippen molar-refractivity contribution < 1.29 is 4.79 Å². The Kier molecular flexibility index (Phi) is 1.78. The third kappa shape index (κ3) is 1.18. The predicted molar refractivity (Wildman–Crippen MR) is 44.8 cm³/mol. The van der Waals surface area contributed by atoms with E-state index in [1.165, 1.54) is 0 Å². The van der Waals surface area contributed by atoms with Gasteiger partial charge in [0.1, 0.15) is 0 Å². The first-order valence-electron chi connectivity index (χ1n) is 4.07. The average molecular weight is 162 g/mol. The molecule has 1 aromatic heterocycles. The van der Waals surface area contributed by atoms with Crippen molar-refractivity contribution in [2.75, 3.05) is 13.1 Å². The van der Waals surface area contributed by atoms with Crippen molar-refractivity contribution in [1.82, 2.24) is 9.88 Å². The molecular formula is C9H10N2O. The first kappa shape index (κ1) is 7.28. The summed E-state index contributed by atoms with van der Waals surface area (Å²) in [5.41, 5.74) is 0.740. The fourth-order valence-corrected chi connectivity index (χ4v) is 1.20. The van der Waals surface area contributed by atoms with Crippen LogP contribution in [-0.4, -0.2) is 28.9 Å². The molecule has 1 saturated heterocycles. The van der Waals surface area contributed by atoms with Crippen LogP contribution in [0.5, 0.6) is 0 Å². The SMILES string of the molecule is O=C(c1ccncc1)N1CCC1. The normalized spacial score (nSPS) is 15.5. The number of carbonyl (C=O) groups is 1. The summed E-state index contributed by atoms with van der Waals surface area (Å²) in [6.45, 7) is 1.81. The Morgan fingerprint density at radius 2 is 2.00 bits per heavy atom. The summed E-state index contributed by atoms with van der Waals surface area (Å²) in [6.07, 6.45) is 4.43. The molecule has 0 N–H and O–H groups in total. The molecule has 0 unspecified atom stereocenters. The van der Waals surface area contributed by atoms with Gasteiger partial charge in [-0.25, -0.2) is 0 Å². The van der Waals surface area contributed by atoms with Gasteiger partial charge >= 0.3 is 0 Å². The van der Waals surface area contributed by atoms with Crippen molar-refractivity contribution in [3.8, 4) is 0 Å². The second kappa shape index (κ2) is 2.93. The minimum Gasteiger partial charge on any atom is -0.339 e. The van der Waals surface area contributed by atoms with E-state index in [1.807, 2.05) is 4.90 Å². The van der Waals surface area contributed by atoms with Crippen LogP contribution in [0.15, 0.2) is 24.5 Å². The standard InChI is InChI=1S/C9H10N2O/c12-9(11-6-1-7-11)8-2-4-10-5-3-8/h2-5H,1,6-7H2. The molecule has 1 amide bonds. The highest BCUT2D eigenvalue weighted by atomic mass is 16.2. The third-order valence-electron chi connectivity index (χ3n) is 2.07. The van der Waals surface area contributed by atoms with Gasteiger partial charge < -0.3 is 4.90 Å². The number of hydrogen-bond donors (Lipinski definition) is 0. The van der Waals surface area contributed by atoms with Gasteiger partial charge in [-0.1, -0.05) is 0 Å². The molecule has 0 saturated carbocycles.